The standard InChI is InChI=1S/C13H21N3O/c1-5-10(2)13(17)15-9-11-7-6-8-14-12(11)16(3)4/h6-8,10H,5,9H2,1-4H3,(H,15,17)/t10-/m1/s1. The molecule has 0 unspecified atom stereocenters. The molecule has 0 radical (unpaired) electrons. The molecule has 1 rings (SSSR count). The first kappa shape index (κ1) is 13.5. The topological polar surface area (TPSA) is 45.2 Å². The van der Waals surface area contributed by atoms with E-state index in [9.17, 15) is 4.79 Å². The Morgan fingerprint density at radius 3 is 2.82 bits per heavy atom. The van der Waals surface area contributed by atoms with Gasteiger partial charge in [-0.05, 0) is 12.5 Å². The zero-order valence-corrected chi connectivity index (χ0v) is 11.0. The van der Waals surface area contributed by atoms with E-state index < -0.39 is 0 Å². The third kappa shape index (κ3) is 3.73. The first-order valence-electron chi connectivity index (χ1n) is 5.95. The number of carbonyl (C=O) groups excluding carboxylic acids is 1. The Hall–Kier alpha value is -1.58. The van der Waals surface area contributed by atoms with Crippen molar-refractivity contribution in [3.05, 3.63) is 23.9 Å². The number of hydrogen-bond donors (Lipinski definition) is 1. The summed E-state index contributed by atoms with van der Waals surface area (Å²) in [6, 6.07) is 3.87. The minimum absolute atomic E-state index is 0.0643. The summed E-state index contributed by atoms with van der Waals surface area (Å²) in [5.74, 6) is 1.06. The van der Waals surface area contributed by atoms with Crippen molar-refractivity contribution < 1.29 is 4.79 Å². The van der Waals surface area contributed by atoms with Gasteiger partial charge in [-0.15, -0.1) is 0 Å². The third-order valence-electron chi connectivity index (χ3n) is 2.80. The second kappa shape index (κ2) is 6.23. The van der Waals surface area contributed by atoms with Crippen LogP contribution in [0, 0.1) is 5.92 Å². The van der Waals surface area contributed by atoms with Crippen LogP contribution in [0.15, 0.2) is 18.3 Å². The van der Waals surface area contributed by atoms with E-state index in [4.69, 9.17) is 0 Å². The van der Waals surface area contributed by atoms with E-state index in [1.807, 2.05) is 45.0 Å². The van der Waals surface area contributed by atoms with Gasteiger partial charge in [-0.3, -0.25) is 4.79 Å². The fourth-order valence-corrected chi connectivity index (χ4v) is 1.51. The van der Waals surface area contributed by atoms with Crippen molar-refractivity contribution in [2.45, 2.75) is 26.8 Å². The van der Waals surface area contributed by atoms with Gasteiger partial charge in [0.25, 0.3) is 0 Å². The van der Waals surface area contributed by atoms with Crippen LogP contribution in [-0.4, -0.2) is 25.0 Å². The monoisotopic (exact) mass is 235 g/mol. The molecule has 0 spiro atoms. The number of anilines is 1. The number of aromatic nitrogens is 1. The largest absolute Gasteiger partial charge is 0.362 e. The molecule has 1 amide bonds. The Morgan fingerprint density at radius 2 is 2.24 bits per heavy atom. The molecule has 0 saturated heterocycles. The van der Waals surface area contributed by atoms with E-state index in [1.165, 1.54) is 0 Å². The average Bonchev–Trinajstić information content (AvgIpc) is 2.35. The van der Waals surface area contributed by atoms with Gasteiger partial charge in [0.2, 0.25) is 5.91 Å². The first-order chi connectivity index (χ1) is 8.06. The van der Waals surface area contributed by atoms with Gasteiger partial charge in [0.1, 0.15) is 5.82 Å². The van der Waals surface area contributed by atoms with Crippen LogP contribution in [0.5, 0.6) is 0 Å². The molecule has 1 atom stereocenters. The fourth-order valence-electron chi connectivity index (χ4n) is 1.51. The van der Waals surface area contributed by atoms with E-state index in [0.29, 0.717) is 6.54 Å². The summed E-state index contributed by atoms with van der Waals surface area (Å²) >= 11 is 0. The smallest absolute Gasteiger partial charge is 0.223 e. The van der Waals surface area contributed by atoms with Crippen LogP contribution in [0.25, 0.3) is 0 Å². The maximum Gasteiger partial charge on any atom is 0.223 e. The predicted octanol–water partition coefficient (Wildman–Crippen LogP) is 1.81. The van der Waals surface area contributed by atoms with Crippen molar-refractivity contribution in [3.63, 3.8) is 0 Å². The van der Waals surface area contributed by atoms with Gasteiger partial charge in [0.05, 0.1) is 0 Å². The van der Waals surface area contributed by atoms with Gasteiger partial charge in [-0.1, -0.05) is 19.9 Å². The molecule has 94 valence electrons. The molecule has 0 fully saturated rings. The maximum atomic E-state index is 11.7. The zero-order valence-electron chi connectivity index (χ0n) is 11.0. The average molecular weight is 235 g/mol. The second-order valence-corrected chi connectivity index (χ2v) is 4.41. The molecule has 0 aromatic carbocycles. The SMILES string of the molecule is CC[C@@H](C)C(=O)NCc1cccnc1N(C)C. The van der Waals surface area contributed by atoms with Crippen molar-refractivity contribution in [1.82, 2.24) is 10.3 Å². The molecule has 17 heavy (non-hydrogen) atoms. The molecule has 0 bridgehead atoms. The summed E-state index contributed by atoms with van der Waals surface area (Å²) in [6.45, 7) is 4.48. The van der Waals surface area contributed by atoms with E-state index in [-0.39, 0.29) is 11.8 Å². The van der Waals surface area contributed by atoms with Crippen molar-refractivity contribution in [2.75, 3.05) is 19.0 Å². The molecular weight excluding hydrogens is 214 g/mol. The van der Waals surface area contributed by atoms with Crippen molar-refractivity contribution in [2.24, 2.45) is 5.92 Å². The number of rotatable bonds is 5. The summed E-state index contributed by atoms with van der Waals surface area (Å²) in [5.41, 5.74) is 1.04. The lowest BCUT2D eigenvalue weighted by Crippen LogP contribution is -2.29. The Balaban J connectivity index is 2.66. The van der Waals surface area contributed by atoms with Crippen LogP contribution < -0.4 is 10.2 Å². The number of nitrogens with one attached hydrogen (secondary N) is 1. The summed E-state index contributed by atoms with van der Waals surface area (Å²) in [4.78, 5) is 17.9. The van der Waals surface area contributed by atoms with Gasteiger partial charge >= 0.3 is 0 Å². The van der Waals surface area contributed by atoms with Gasteiger partial charge < -0.3 is 10.2 Å². The van der Waals surface area contributed by atoms with Gasteiger partial charge in [-0.2, -0.15) is 0 Å². The zero-order chi connectivity index (χ0) is 12.8. The van der Waals surface area contributed by atoms with Crippen LogP contribution in [-0.2, 0) is 11.3 Å². The molecule has 1 aromatic heterocycles. The summed E-state index contributed by atoms with van der Waals surface area (Å²) in [7, 11) is 3.89. The summed E-state index contributed by atoms with van der Waals surface area (Å²) in [5, 5.41) is 2.94. The minimum atomic E-state index is 0.0643. The van der Waals surface area contributed by atoms with E-state index >= 15 is 0 Å². The van der Waals surface area contributed by atoms with E-state index in [0.717, 1.165) is 17.8 Å². The number of nitrogens with zero attached hydrogens (tertiary/aromatic N) is 2. The highest BCUT2D eigenvalue weighted by atomic mass is 16.1. The normalized spacial score (nSPS) is 12.0. The minimum Gasteiger partial charge on any atom is -0.362 e. The highest BCUT2D eigenvalue weighted by Crippen LogP contribution is 2.14. The van der Waals surface area contributed by atoms with Crippen LogP contribution >= 0.6 is 0 Å². The van der Waals surface area contributed by atoms with Crippen molar-refractivity contribution in [1.29, 1.82) is 0 Å². The summed E-state index contributed by atoms with van der Waals surface area (Å²) < 4.78 is 0. The highest BCUT2D eigenvalue weighted by molar-refractivity contribution is 5.78. The van der Waals surface area contributed by atoms with E-state index in [1.54, 1.807) is 6.20 Å². The molecule has 1 heterocycles. The molecular formula is C13H21N3O. The second-order valence-electron chi connectivity index (χ2n) is 4.41. The number of amides is 1. The predicted molar refractivity (Wildman–Crippen MR) is 69.9 cm³/mol. The molecule has 0 saturated carbocycles. The Labute approximate surface area is 103 Å². The van der Waals surface area contributed by atoms with Gasteiger partial charge in [-0.25, -0.2) is 4.98 Å². The lowest BCUT2D eigenvalue weighted by Gasteiger charge is -2.17. The van der Waals surface area contributed by atoms with Gasteiger partial charge in [0, 0.05) is 38.3 Å². The third-order valence-corrected chi connectivity index (χ3v) is 2.80. The Morgan fingerprint density at radius 1 is 1.53 bits per heavy atom. The first-order valence-corrected chi connectivity index (χ1v) is 5.95. The van der Waals surface area contributed by atoms with Crippen molar-refractivity contribution in [3.8, 4) is 0 Å². The fraction of sp³-hybridized carbons (Fsp3) is 0.538. The molecule has 0 aliphatic rings. The number of pyridine rings is 1. The lowest BCUT2D eigenvalue weighted by atomic mass is 10.1. The molecule has 4 heteroatoms. The molecule has 1 N–H and O–H groups in total. The summed E-state index contributed by atoms with van der Waals surface area (Å²) in [6.07, 6.45) is 2.62. The molecule has 0 aliphatic heterocycles. The Bertz CT molecular complexity index is 377. The van der Waals surface area contributed by atoms with Crippen molar-refractivity contribution >= 4 is 11.7 Å². The quantitative estimate of drug-likeness (QED) is 0.846. The van der Waals surface area contributed by atoms with Crippen LogP contribution in [0.4, 0.5) is 5.82 Å². The molecule has 4 nitrogen and oxygen atoms in total. The molecule has 1 aromatic rings. The van der Waals surface area contributed by atoms with Gasteiger partial charge in [0.15, 0.2) is 0 Å². The van der Waals surface area contributed by atoms with Crippen LogP contribution in [0.3, 0.4) is 0 Å². The van der Waals surface area contributed by atoms with Crippen LogP contribution in [0.2, 0.25) is 0 Å². The van der Waals surface area contributed by atoms with Crippen LogP contribution in [0.1, 0.15) is 25.8 Å². The maximum absolute atomic E-state index is 11.7. The molecule has 0 aliphatic carbocycles. The Kier molecular flexibility index (Phi) is 4.94. The number of hydrogen-bond acceptors (Lipinski definition) is 3. The lowest BCUT2D eigenvalue weighted by molar-refractivity contribution is -0.124. The number of carbonyl (C=O) groups is 1. The van der Waals surface area contributed by atoms with E-state index in [2.05, 4.69) is 10.3 Å². The highest BCUT2D eigenvalue weighted by Gasteiger charge is 2.11.